The second kappa shape index (κ2) is 10.3. The molecule has 0 bridgehead atoms. The van der Waals surface area contributed by atoms with Gasteiger partial charge in [-0.2, -0.15) is 0 Å². The first-order valence-electron chi connectivity index (χ1n) is 9.69. The number of nitrogens with one attached hydrogen (secondary N) is 2. The molecule has 0 radical (unpaired) electrons. The van der Waals surface area contributed by atoms with Crippen LogP contribution in [0.15, 0.2) is 48.5 Å². The van der Waals surface area contributed by atoms with E-state index in [1.54, 1.807) is 24.3 Å². The molecule has 2 aromatic rings. The lowest BCUT2D eigenvalue weighted by atomic mass is 10.1. The average Bonchev–Trinajstić information content (AvgIpc) is 2.66. The first-order valence-corrected chi connectivity index (χ1v) is 12.0. The summed E-state index contributed by atoms with van der Waals surface area (Å²) in [6.45, 7) is 3.37. The van der Waals surface area contributed by atoms with Gasteiger partial charge in [-0.05, 0) is 35.4 Å². The molecule has 1 amide bonds. The van der Waals surface area contributed by atoms with Crippen molar-refractivity contribution in [2.75, 3.05) is 37.2 Å². The number of benzene rings is 2. The number of sulfonamides is 1. The highest BCUT2D eigenvalue weighted by Crippen LogP contribution is 2.15. The Hall–Kier alpha value is -2.13. The summed E-state index contributed by atoms with van der Waals surface area (Å²) in [5, 5.41) is 3.63. The lowest BCUT2D eigenvalue weighted by Crippen LogP contribution is -2.47. The van der Waals surface area contributed by atoms with E-state index in [0.717, 1.165) is 42.0 Å². The van der Waals surface area contributed by atoms with Crippen LogP contribution in [0.1, 0.15) is 11.1 Å². The van der Waals surface area contributed by atoms with Gasteiger partial charge in [-0.1, -0.05) is 35.9 Å². The van der Waals surface area contributed by atoms with Crippen molar-refractivity contribution in [3.8, 4) is 0 Å². The van der Waals surface area contributed by atoms with Crippen molar-refractivity contribution in [3.63, 3.8) is 0 Å². The van der Waals surface area contributed by atoms with Crippen LogP contribution >= 0.6 is 11.6 Å². The highest BCUT2D eigenvalue weighted by Gasteiger charge is 2.21. The maximum atomic E-state index is 12.3. The minimum Gasteiger partial charge on any atom is -0.374 e. The summed E-state index contributed by atoms with van der Waals surface area (Å²) in [5.74, 6) is -0.137. The van der Waals surface area contributed by atoms with Crippen molar-refractivity contribution in [1.82, 2.24) is 10.2 Å². The Kier molecular flexibility index (Phi) is 7.71. The van der Waals surface area contributed by atoms with Crippen LogP contribution in [0.2, 0.25) is 5.02 Å². The van der Waals surface area contributed by atoms with Crippen LogP contribution in [0.25, 0.3) is 0 Å². The van der Waals surface area contributed by atoms with Crippen molar-refractivity contribution in [2.45, 2.75) is 19.1 Å². The number of anilines is 1. The molecule has 0 saturated carbocycles. The molecule has 1 saturated heterocycles. The van der Waals surface area contributed by atoms with E-state index < -0.39 is 10.0 Å². The van der Waals surface area contributed by atoms with Gasteiger partial charge in [0.2, 0.25) is 15.9 Å². The van der Waals surface area contributed by atoms with Crippen LogP contribution in [-0.4, -0.2) is 57.8 Å². The van der Waals surface area contributed by atoms with Gasteiger partial charge >= 0.3 is 0 Å². The number of hydrogen-bond acceptors (Lipinski definition) is 5. The molecule has 3 rings (SSSR count). The summed E-state index contributed by atoms with van der Waals surface area (Å²) in [6.07, 6.45) is 1.17. The van der Waals surface area contributed by atoms with Crippen LogP contribution in [-0.2, 0) is 32.5 Å². The third-order valence-electron chi connectivity index (χ3n) is 4.64. The van der Waals surface area contributed by atoms with E-state index in [9.17, 15) is 13.2 Å². The molecule has 30 heavy (non-hydrogen) atoms. The molecule has 1 atom stereocenters. The fourth-order valence-corrected chi connectivity index (χ4v) is 4.14. The minimum atomic E-state index is -3.36. The Morgan fingerprint density at radius 1 is 1.20 bits per heavy atom. The number of ether oxygens (including phenoxy) is 1. The van der Waals surface area contributed by atoms with Crippen molar-refractivity contribution in [2.24, 2.45) is 0 Å². The molecular weight excluding hydrogens is 426 g/mol. The van der Waals surface area contributed by atoms with Gasteiger partial charge in [0.1, 0.15) is 0 Å². The number of carbonyl (C=O) groups excluding carboxylic acids is 1. The predicted molar refractivity (Wildman–Crippen MR) is 118 cm³/mol. The van der Waals surface area contributed by atoms with Crippen molar-refractivity contribution in [3.05, 3.63) is 64.7 Å². The second-order valence-electron chi connectivity index (χ2n) is 7.41. The fraction of sp³-hybridized carbons (Fsp3) is 0.381. The normalized spacial score (nSPS) is 17.5. The third kappa shape index (κ3) is 7.60. The molecule has 2 N–H and O–H groups in total. The largest absolute Gasteiger partial charge is 0.374 e. The van der Waals surface area contributed by atoms with Crippen molar-refractivity contribution in [1.29, 1.82) is 0 Å². The molecule has 0 spiro atoms. The second-order valence-corrected chi connectivity index (χ2v) is 9.60. The Bertz CT molecular complexity index is 984. The van der Waals surface area contributed by atoms with Crippen molar-refractivity contribution < 1.29 is 17.9 Å². The third-order valence-corrected chi connectivity index (χ3v) is 5.48. The van der Waals surface area contributed by atoms with E-state index >= 15 is 0 Å². The zero-order valence-corrected chi connectivity index (χ0v) is 18.4. The van der Waals surface area contributed by atoms with Crippen molar-refractivity contribution >= 4 is 33.2 Å². The Morgan fingerprint density at radius 3 is 2.73 bits per heavy atom. The van der Waals surface area contributed by atoms with Gasteiger partial charge in [-0.3, -0.25) is 14.4 Å². The smallest absolute Gasteiger partial charge is 0.229 e. The summed E-state index contributed by atoms with van der Waals surface area (Å²) >= 11 is 6.06. The summed E-state index contributed by atoms with van der Waals surface area (Å²) in [4.78, 5) is 14.6. The first kappa shape index (κ1) is 22.6. The quantitative estimate of drug-likeness (QED) is 0.642. The van der Waals surface area contributed by atoms with E-state index in [1.165, 1.54) is 0 Å². The summed E-state index contributed by atoms with van der Waals surface area (Å²) < 4.78 is 30.9. The van der Waals surface area contributed by atoms with Crippen LogP contribution in [0.5, 0.6) is 0 Å². The monoisotopic (exact) mass is 451 g/mol. The minimum absolute atomic E-state index is 0.0832. The number of halogens is 1. The highest BCUT2D eigenvalue weighted by molar-refractivity contribution is 7.92. The number of amides is 1. The maximum Gasteiger partial charge on any atom is 0.229 e. The van der Waals surface area contributed by atoms with Crippen LogP contribution in [0, 0.1) is 0 Å². The van der Waals surface area contributed by atoms with Crippen LogP contribution < -0.4 is 10.0 Å². The Balaban J connectivity index is 1.47. The number of nitrogens with zero attached hydrogens (tertiary/aromatic N) is 1. The van der Waals surface area contributed by atoms with Gasteiger partial charge in [0.25, 0.3) is 0 Å². The standard InChI is InChI=1S/C21H26ClN3O4S/c1-30(27,28)24-19-7-3-4-16(11-19)12-21(26)23-13-20-15-25(8-9-29-20)14-17-5-2-6-18(22)10-17/h2-7,10-11,20,24H,8-9,12-15H2,1H3,(H,23,26)/t20-/m0/s1. The highest BCUT2D eigenvalue weighted by atomic mass is 35.5. The number of hydrogen-bond donors (Lipinski definition) is 2. The van der Waals surface area contributed by atoms with E-state index in [1.807, 2.05) is 24.3 Å². The van der Waals surface area contributed by atoms with E-state index in [2.05, 4.69) is 14.9 Å². The van der Waals surface area contributed by atoms with Gasteiger partial charge in [0, 0.05) is 36.9 Å². The maximum absolute atomic E-state index is 12.3. The lowest BCUT2D eigenvalue weighted by Gasteiger charge is -2.33. The van der Waals surface area contributed by atoms with Crippen LogP contribution in [0.3, 0.4) is 0 Å². The molecule has 1 heterocycles. The number of carbonyl (C=O) groups is 1. The van der Waals surface area contributed by atoms with Gasteiger partial charge in [0.15, 0.2) is 0 Å². The SMILES string of the molecule is CS(=O)(=O)Nc1cccc(CC(=O)NC[C@H]2CN(Cc3cccc(Cl)c3)CCO2)c1. The first-order chi connectivity index (χ1) is 14.3. The number of rotatable bonds is 8. The van der Waals surface area contributed by atoms with E-state index in [-0.39, 0.29) is 18.4 Å². The molecular formula is C21H26ClN3O4S. The van der Waals surface area contributed by atoms with Gasteiger partial charge in [-0.25, -0.2) is 8.42 Å². The van der Waals surface area contributed by atoms with Crippen LogP contribution in [0.4, 0.5) is 5.69 Å². The van der Waals surface area contributed by atoms with Gasteiger partial charge in [0.05, 0.1) is 25.4 Å². The lowest BCUT2D eigenvalue weighted by molar-refractivity contribution is -0.121. The summed E-state index contributed by atoms with van der Waals surface area (Å²) in [5.41, 5.74) is 2.32. The molecule has 1 fully saturated rings. The summed E-state index contributed by atoms with van der Waals surface area (Å²) in [7, 11) is -3.36. The molecule has 0 aromatic heterocycles. The topological polar surface area (TPSA) is 87.7 Å². The summed E-state index contributed by atoms with van der Waals surface area (Å²) in [6, 6.07) is 14.6. The zero-order valence-electron chi connectivity index (χ0n) is 16.8. The van der Waals surface area contributed by atoms with Gasteiger partial charge in [-0.15, -0.1) is 0 Å². The molecule has 9 heteroatoms. The molecule has 1 aliphatic heterocycles. The van der Waals surface area contributed by atoms with Gasteiger partial charge < -0.3 is 10.1 Å². The average molecular weight is 452 g/mol. The molecule has 1 aliphatic rings. The zero-order chi connectivity index (χ0) is 21.6. The predicted octanol–water partition coefficient (Wildman–Crippen LogP) is 2.27. The Morgan fingerprint density at radius 2 is 1.97 bits per heavy atom. The van der Waals surface area contributed by atoms with E-state index in [0.29, 0.717) is 18.8 Å². The molecule has 2 aromatic carbocycles. The molecule has 0 aliphatic carbocycles. The Labute approximate surface area is 182 Å². The molecule has 0 unspecified atom stereocenters. The number of morpholine rings is 1. The van der Waals surface area contributed by atoms with E-state index in [4.69, 9.17) is 16.3 Å². The fourth-order valence-electron chi connectivity index (χ4n) is 3.38. The molecule has 7 nitrogen and oxygen atoms in total. The molecule has 162 valence electrons.